The van der Waals surface area contributed by atoms with Crippen LogP contribution >= 0.6 is 28.1 Å². The zero-order valence-electron chi connectivity index (χ0n) is 15.1. The van der Waals surface area contributed by atoms with Crippen LogP contribution < -0.4 is 9.50 Å². The van der Waals surface area contributed by atoms with E-state index in [0.717, 1.165) is 40.7 Å². The summed E-state index contributed by atoms with van der Waals surface area (Å²) < 4.78 is 29.3. The number of nitrogens with one attached hydrogen (secondary N) is 1. The smallest absolute Gasteiger partial charge is 0.306 e. The normalized spacial score (nSPS) is 21.7. The summed E-state index contributed by atoms with van der Waals surface area (Å²) in [6.45, 7) is 1.51. The van der Waals surface area contributed by atoms with Gasteiger partial charge in [-0.25, -0.2) is 0 Å². The summed E-state index contributed by atoms with van der Waals surface area (Å²) in [5.74, 6) is 1.07. The molecule has 2 aliphatic rings. The van der Waals surface area contributed by atoms with Crippen molar-refractivity contribution in [2.45, 2.75) is 12.0 Å². The number of amidine groups is 1. The zero-order chi connectivity index (χ0) is 19.9. The molecule has 2 aliphatic heterocycles. The Kier molecular flexibility index (Phi) is 4.93. The van der Waals surface area contributed by atoms with Gasteiger partial charge in [-0.1, -0.05) is 40.2 Å². The summed E-state index contributed by atoms with van der Waals surface area (Å²) >= 11 is 9.16. The van der Waals surface area contributed by atoms with Crippen LogP contribution in [0, 0.1) is 0 Å². The first kappa shape index (κ1) is 19.4. The molecule has 1 N–H and O–H groups in total. The number of hydrogen-bond acceptors (Lipinski definition) is 5. The predicted molar refractivity (Wildman–Crippen MR) is 116 cm³/mol. The lowest BCUT2D eigenvalue weighted by atomic mass is 9.82. The molecule has 4 rings (SSSR count). The summed E-state index contributed by atoms with van der Waals surface area (Å²) in [5.41, 5.74) is 0.930. The van der Waals surface area contributed by atoms with Crippen molar-refractivity contribution in [1.82, 2.24) is 10.2 Å². The molecule has 2 aromatic carbocycles. The molecule has 0 saturated carbocycles. The van der Waals surface area contributed by atoms with Crippen molar-refractivity contribution in [2.75, 3.05) is 19.3 Å². The number of halogens is 1. The maximum atomic E-state index is 11.6. The highest BCUT2D eigenvalue weighted by atomic mass is 79.9. The van der Waals surface area contributed by atoms with Gasteiger partial charge in [-0.15, -0.1) is 0 Å². The van der Waals surface area contributed by atoms with E-state index in [4.69, 9.17) is 21.4 Å². The molecule has 2 heterocycles. The second-order valence-corrected chi connectivity index (χ2v) is 9.59. The lowest BCUT2D eigenvalue weighted by Crippen LogP contribution is -2.46. The molecular formula is C19H18BrN3O3S2. The largest absolute Gasteiger partial charge is 0.383 e. The molecule has 0 spiro atoms. The van der Waals surface area contributed by atoms with Gasteiger partial charge in [0, 0.05) is 17.6 Å². The molecule has 0 aliphatic carbocycles. The first-order valence-corrected chi connectivity index (χ1v) is 11.7. The second kappa shape index (κ2) is 7.13. The fraction of sp³-hybridized carbons (Fsp3) is 0.263. The van der Waals surface area contributed by atoms with E-state index in [1.54, 1.807) is 18.2 Å². The van der Waals surface area contributed by atoms with Gasteiger partial charge in [-0.3, -0.25) is 4.99 Å². The number of rotatable bonds is 4. The van der Waals surface area contributed by atoms with Gasteiger partial charge < -0.3 is 14.4 Å². The molecule has 1 fully saturated rings. The molecule has 0 aromatic heterocycles. The van der Waals surface area contributed by atoms with E-state index in [-0.39, 0.29) is 5.75 Å². The van der Waals surface area contributed by atoms with Crippen LogP contribution in [0.4, 0.5) is 0 Å². The minimum Gasteiger partial charge on any atom is -0.383 e. The third-order valence-electron chi connectivity index (χ3n) is 4.70. The summed E-state index contributed by atoms with van der Waals surface area (Å²) in [6.07, 6.45) is 1.96. The second-order valence-electron chi connectivity index (χ2n) is 6.72. The SMILES string of the molecule is CS(=O)(=O)Oc1cccc(C2(c3cccc(Br)c3)NC(=S)N3CCCN=C32)c1. The van der Waals surface area contributed by atoms with Gasteiger partial charge >= 0.3 is 10.1 Å². The number of thiocarbonyl (C=S) groups is 1. The number of fused-ring (bicyclic) bond motifs is 1. The molecule has 0 amide bonds. The number of nitrogens with zero attached hydrogens (tertiary/aromatic N) is 2. The maximum absolute atomic E-state index is 11.6. The summed E-state index contributed by atoms with van der Waals surface area (Å²) in [6, 6.07) is 15.0. The molecule has 1 atom stereocenters. The molecule has 2 aromatic rings. The van der Waals surface area contributed by atoms with Gasteiger partial charge in [0.1, 0.15) is 17.1 Å². The van der Waals surface area contributed by atoms with Gasteiger partial charge in [0.2, 0.25) is 0 Å². The fourth-order valence-electron chi connectivity index (χ4n) is 3.65. The molecule has 146 valence electrons. The van der Waals surface area contributed by atoms with E-state index >= 15 is 0 Å². The minimum absolute atomic E-state index is 0.247. The van der Waals surface area contributed by atoms with Gasteiger partial charge in [0.15, 0.2) is 5.11 Å². The maximum Gasteiger partial charge on any atom is 0.306 e. The van der Waals surface area contributed by atoms with Gasteiger partial charge in [-0.2, -0.15) is 8.42 Å². The van der Waals surface area contributed by atoms with E-state index in [9.17, 15) is 8.42 Å². The highest BCUT2D eigenvalue weighted by molar-refractivity contribution is 9.10. The summed E-state index contributed by atoms with van der Waals surface area (Å²) in [4.78, 5) is 6.82. The summed E-state index contributed by atoms with van der Waals surface area (Å²) in [7, 11) is -3.64. The van der Waals surface area contributed by atoms with E-state index in [0.29, 0.717) is 11.7 Å². The Morgan fingerprint density at radius 2 is 1.93 bits per heavy atom. The molecule has 0 bridgehead atoms. The Morgan fingerprint density at radius 3 is 2.64 bits per heavy atom. The standard InChI is InChI=1S/C19H18BrN3O3S2/c1-28(24,25)26-16-8-3-6-14(12-16)19(13-5-2-7-15(20)11-13)17-21-9-4-10-23(17)18(27)22-19/h2-3,5-8,11-12H,4,9-10H2,1H3,(H,22,27). The van der Waals surface area contributed by atoms with Crippen molar-refractivity contribution < 1.29 is 12.6 Å². The van der Waals surface area contributed by atoms with Crippen LogP contribution in [0.1, 0.15) is 17.5 Å². The average Bonchev–Trinajstić information content (AvgIpc) is 2.95. The van der Waals surface area contributed by atoms with E-state index in [1.165, 1.54) is 0 Å². The lowest BCUT2D eigenvalue weighted by Gasteiger charge is -2.33. The van der Waals surface area contributed by atoms with Crippen LogP contribution in [0.3, 0.4) is 0 Å². The monoisotopic (exact) mass is 479 g/mol. The third-order valence-corrected chi connectivity index (χ3v) is 6.02. The number of hydrogen-bond donors (Lipinski definition) is 1. The van der Waals surface area contributed by atoms with Gasteiger partial charge in [0.25, 0.3) is 0 Å². The average molecular weight is 480 g/mol. The summed E-state index contributed by atoms with van der Waals surface area (Å²) in [5, 5.41) is 4.06. The molecule has 1 saturated heterocycles. The Labute approximate surface area is 177 Å². The first-order chi connectivity index (χ1) is 13.3. The Hall–Kier alpha value is -1.97. The van der Waals surface area contributed by atoms with Crippen molar-refractivity contribution in [2.24, 2.45) is 4.99 Å². The van der Waals surface area contributed by atoms with Crippen molar-refractivity contribution in [3.05, 3.63) is 64.1 Å². The minimum atomic E-state index is -3.64. The molecule has 6 nitrogen and oxygen atoms in total. The lowest BCUT2D eigenvalue weighted by molar-refractivity contribution is 0.491. The topological polar surface area (TPSA) is 71.0 Å². The molecule has 28 heavy (non-hydrogen) atoms. The Morgan fingerprint density at radius 1 is 1.21 bits per heavy atom. The highest BCUT2D eigenvalue weighted by Gasteiger charge is 2.50. The van der Waals surface area contributed by atoms with Crippen LogP contribution in [0.2, 0.25) is 0 Å². The number of aliphatic imine (C=N–C) groups is 1. The van der Waals surface area contributed by atoms with Crippen LogP contribution in [-0.4, -0.2) is 43.6 Å². The molecule has 1 unspecified atom stereocenters. The van der Waals surface area contributed by atoms with Gasteiger partial charge in [-0.05, 0) is 54.0 Å². The van der Waals surface area contributed by atoms with Crippen molar-refractivity contribution in [3.63, 3.8) is 0 Å². The van der Waals surface area contributed by atoms with Crippen molar-refractivity contribution >= 4 is 49.2 Å². The number of benzene rings is 2. The van der Waals surface area contributed by atoms with Crippen LogP contribution in [0.25, 0.3) is 0 Å². The van der Waals surface area contributed by atoms with E-state index < -0.39 is 15.7 Å². The van der Waals surface area contributed by atoms with Crippen molar-refractivity contribution in [3.8, 4) is 5.75 Å². The Bertz CT molecular complexity index is 1090. The quantitative estimate of drug-likeness (QED) is 0.536. The van der Waals surface area contributed by atoms with E-state index in [2.05, 4.69) is 21.2 Å². The molecule has 9 heteroatoms. The van der Waals surface area contributed by atoms with Crippen LogP contribution in [0.15, 0.2) is 58.0 Å². The molecular weight excluding hydrogens is 462 g/mol. The van der Waals surface area contributed by atoms with Crippen molar-refractivity contribution in [1.29, 1.82) is 0 Å². The van der Waals surface area contributed by atoms with Gasteiger partial charge in [0.05, 0.1) is 6.26 Å². The zero-order valence-corrected chi connectivity index (χ0v) is 18.3. The Balaban J connectivity index is 1.94. The predicted octanol–water partition coefficient (Wildman–Crippen LogP) is 3.02. The first-order valence-electron chi connectivity index (χ1n) is 8.70. The third kappa shape index (κ3) is 3.42. The fourth-order valence-corrected chi connectivity index (χ4v) is 4.84. The van der Waals surface area contributed by atoms with Crippen LogP contribution in [0.5, 0.6) is 5.75 Å². The van der Waals surface area contributed by atoms with Crippen LogP contribution in [-0.2, 0) is 15.7 Å². The highest BCUT2D eigenvalue weighted by Crippen LogP contribution is 2.40. The molecule has 0 radical (unpaired) electrons. The van der Waals surface area contributed by atoms with E-state index in [1.807, 2.05) is 35.2 Å².